The molecule has 0 aromatic heterocycles. The van der Waals surface area contributed by atoms with Crippen molar-refractivity contribution in [1.29, 1.82) is 0 Å². The minimum absolute atomic E-state index is 0.240. The highest BCUT2D eigenvalue weighted by Crippen LogP contribution is 2.16. The molecule has 1 unspecified atom stereocenters. The Labute approximate surface area is 66.3 Å². The van der Waals surface area contributed by atoms with Crippen molar-refractivity contribution < 1.29 is 10.2 Å². The van der Waals surface area contributed by atoms with E-state index in [1.54, 1.807) is 12.2 Å². The molecule has 1 aliphatic rings. The average molecular weight is 155 g/mol. The van der Waals surface area contributed by atoms with Crippen LogP contribution in [-0.4, -0.2) is 35.3 Å². The summed E-state index contributed by atoms with van der Waals surface area (Å²) in [7, 11) is 3.74. The zero-order chi connectivity index (χ0) is 8.43. The van der Waals surface area contributed by atoms with Crippen molar-refractivity contribution in [3.05, 3.63) is 23.6 Å². The molecule has 0 bridgehead atoms. The van der Waals surface area contributed by atoms with Gasteiger partial charge in [0.05, 0.1) is 11.9 Å². The van der Waals surface area contributed by atoms with Crippen LogP contribution in [0.25, 0.3) is 0 Å². The summed E-state index contributed by atoms with van der Waals surface area (Å²) in [6, 6.07) is 0. The molecule has 0 heterocycles. The predicted octanol–water partition coefficient (Wildman–Crippen LogP) is 0.638. The van der Waals surface area contributed by atoms with Gasteiger partial charge in [-0.15, -0.1) is 0 Å². The van der Waals surface area contributed by atoms with E-state index in [1.807, 2.05) is 19.0 Å². The van der Waals surface area contributed by atoms with Gasteiger partial charge in [0.25, 0.3) is 0 Å². The highest BCUT2D eigenvalue weighted by atomic mass is 16.3. The van der Waals surface area contributed by atoms with E-state index in [0.717, 1.165) is 5.70 Å². The first-order valence-corrected chi connectivity index (χ1v) is 3.56. The van der Waals surface area contributed by atoms with Crippen molar-refractivity contribution in [3.8, 4) is 0 Å². The molecule has 1 rings (SSSR count). The topological polar surface area (TPSA) is 43.7 Å². The third-order valence-electron chi connectivity index (χ3n) is 1.61. The fourth-order valence-corrected chi connectivity index (χ4v) is 1.03. The van der Waals surface area contributed by atoms with Crippen LogP contribution in [0.5, 0.6) is 0 Å². The highest BCUT2D eigenvalue weighted by Gasteiger charge is 2.12. The lowest BCUT2D eigenvalue weighted by atomic mass is 10.1. The van der Waals surface area contributed by atoms with E-state index >= 15 is 0 Å². The molecular formula is C8H13NO2. The summed E-state index contributed by atoms with van der Waals surface area (Å²) in [4.78, 5) is 1.85. The molecule has 11 heavy (non-hydrogen) atoms. The van der Waals surface area contributed by atoms with E-state index in [1.165, 1.54) is 0 Å². The lowest BCUT2D eigenvalue weighted by Crippen LogP contribution is -2.17. The van der Waals surface area contributed by atoms with E-state index in [0.29, 0.717) is 6.42 Å². The lowest BCUT2D eigenvalue weighted by Gasteiger charge is -2.20. The molecule has 62 valence electrons. The van der Waals surface area contributed by atoms with Gasteiger partial charge in [0.2, 0.25) is 0 Å². The summed E-state index contributed by atoms with van der Waals surface area (Å²) in [6.45, 7) is 0. The third kappa shape index (κ3) is 1.98. The summed E-state index contributed by atoms with van der Waals surface area (Å²) in [5.41, 5.74) is 0.848. The van der Waals surface area contributed by atoms with Gasteiger partial charge in [0, 0.05) is 26.2 Å². The fourth-order valence-electron chi connectivity index (χ4n) is 1.03. The summed E-state index contributed by atoms with van der Waals surface area (Å²) in [6.07, 6.45) is 3.17. The van der Waals surface area contributed by atoms with Crippen molar-refractivity contribution in [3.63, 3.8) is 0 Å². The minimum atomic E-state index is -0.544. The second kappa shape index (κ2) is 2.96. The van der Waals surface area contributed by atoms with Crippen LogP contribution in [0.15, 0.2) is 23.6 Å². The molecule has 0 saturated carbocycles. The lowest BCUT2D eigenvalue weighted by molar-refractivity contribution is 0.195. The van der Waals surface area contributed by atoms with E-state index in [4.69, 9.17) is 5.11 Å². The fraction of sp³-hybridized carbons (Fsp3) is 0.500. The van der Waals surface area contributed by atoms with E-state index < -0.39 is 6.10 Å². The third-order valence-corrected chi connectivity index (χ3v) is 1.61. The van der Waals surface area contributed by atoms with Gasteiger partial charge in [-0.3, -0.25) is 0 Å². The Morgan fingerprint density at radius 2 is 2.18 bits per heavy atom. The first-order valence-electron chi connectivity index (χ1n) is 3.56. The van der Waals surface area contributed by atoms with Crippen LogP contribution in [0.4, 0.5) is 0 Å². The van der Waals surface area contributed by atoms with Crippen molar-refractivity contribution in [1.82, 2.24) is 4.90 Å². The molecule has 1 atom stereocenters. The van der Waals surface area contributed by atoms with Crippen LogP contribution in [-0.2, 0) is 0 Å². The Hall–Kier alpha value is -0.960. The number of likely N-dealkylation sites (N-methyl/N-ethyl adjacent to an activating group) is 1. The van der Waals surface area contributed by atoms with Crippen molar-refractivity contribution >= 4 is 0 Å². The van der Waals surface area contributed by atoms with E-state index in [2.05, 4.69) is 0 Å². The molecule has 3 nitrogen and oxygen atoms in total. The number of hydrogen-bond donors (Lipinski definition) is 2. The number of rotatable bonds is 1. The number of allylic oxidation sites excluding steroid dienone is 1. The van der Waals surface area contributed by atoms with Crippen molar-refractivity contribution in [2.24, 2.45) is 0 Å². The molecule has 2 N–H and O–H groups in total. The quantitative estimate of drug-likeness (QED) is 0.584. The molecule has 0 aliphatic heterocycles. The van der Waals surface area contributed by atoms with E-state index in [-0.39, 0.29) is 5.76 Å². The van der Waals surface area contributed by atoms with Gasteiger partial charge < -0.3 is 15.1 Å². The summed E-state index contributed by atoms with van der Waals surface area (Å²) in [5.74, 6) is 0.240. The van der Waals surface area contributed by atoms with Gasteiger partial charge in [-0.1, -0.05) is 0 Å². The van der Waals surface area contributed by atoms with Crippen LogP contribution >= 0.6 is 0 Å². The molecular weight excluding hydrogens is 142 g/mol. The van der Waals surface area contributed by atoms with Gasteiger partial charge in [-0.2, -0.15) is 0 Å². The predicted molar refractivity (Wildman–Crippen MR) is 43.1 cm³/mol. The summed E-state index contributed by atoms with van der Waals surface area (Å²) < 4.78 is 0. The molecule has 0 saturated heterocycles. The van der Waals surface area contributed by atoms with Gasteiger partial charge in [-0.05, 0) is 12.2 Å². The van der Waals surface area contributed by atoms with Gasteiger partial charge in [0.15, 0.2) is 0 Å². The number of hydrogen-bond acceptors (Lipinski definition) is 3. The van der Waals surface area contributed by atoms with Crippen LogP contribution in [0, 0.1) is 0 Å². The smallest absolute Gasteiger partial charge is 0.0972 e. The largest absolute Gasteiger partial charge is 0.512 e. The molecule has 0 fully saturated rings. The second-order valence-corrected chi connectivity index (χ2v) is 2.89. The second-order valence-electron chi connectivity index (χ2n) is 2.89. The number of aliphatic hydroxyl groups excluding tert-OH is 2. The Balaban J connectivity index is 2.78. The average Bonchev–Trinajstić information content (AvgIpc) is 1.85. The van der Waals surface area contributed by atoms with Crippen LogP contribution in [0.3, 0.4) is 0 Å². The first-order chi connectivity index (χ1) is 5.09. The van der Waals surface area contributed by atoms with Crippen molar-refractivity contribution in [2.75, 3.05) is 14.1 Å². The maximum atomic E-state index is 9.20. The Morgan fingerprint density at radius 1 is 1.55 bits per heavy atom. The van der Waals surface area contributed by atoms with Gasteiger partial charge in [-0.25, -0.2) is 0 Å². The number of nitrogens with zero attached hydrogens (tertiary/aromatic N) is 1. The van der Waals surface area contributed by atoms with E-state index in [9.17, 15) is 5.11 Å². The van der Waals surface area contributed by atoms with Crippen molar-refractivity contribution in [2.45, 2.75) is 12.5 Å². The van der Waals surface area contributed by atoms with Crippen LogP contribution in [0.2, 0.25) is 0 Å². The standard InChI is InChI=1S/C8H13NO2/c1-9(2)6-3-7(10)5-8(11)4-6/h3-4,7,10-11H,5H2,1-2H3. The Morgan fingerprint density at radius 3 is 2.64 bits per heavy atom. The maximum absolute atomic E-state index is 9.20. The normalized spacial score (nSPS) is 24.1. The molecule has 0 aromatic rings. The monoisotopic (exact) mass is 155 g/mol. The molecule has 1 aliphatic carbocycles. The number of aliphatic hydroxyl groups is 2. The molecule has 0 spiro atoms. The summed E-state index contributed by atoms with van der Waals surface area (Å²) in [5, 5.41) is 18.3. The zero-order valence-corrected chi connectivity index (χ0v) is 6.78. The SMILES string of the molecule is CN(C)C1=CC(O)CC(O)=C1. The summed E-state index contributed by atoms with van der Waals surface area (Å²) >= 11 is 0. The Bertz CT molecular complexity index is 206. The Kier molecular flexibility index (Phi) is 2.19. The first kappa shape index (κ1) is 8.14. The van der Waals surface area contributed by atoms with Crippen LogP contribution < -0.4 is 0 Å². The van der Waals surface area contributed by atoms with Gasteiger partial charge >= 0.3 is 0 Å². The molecule has 0 radical (unpaired) electrons. The molecule has 0 aromatic carbocycles. The van der Waals surface area contributed by atoms with Gasteiger partial charge in [0.1, 0.15) is 0 Å². The molecule has 0 amide bonds. The highest BCUT2D eigenvalue weighted by molar-refractivity contribution is 5.25. The maximum Gasteiger partial charge on any atom is 0.0972 e. The molecule has 3 heteroatoms. The zero-order valence-electron chi connectivity index (χ0n) is 6.78. The van der Waals surface area contributed by atoms with Crippen LogP contribution in [0.1, 0.15) is 6.42 Å². The minimum Gasteiger partial charge on any atom is -0.512 e.